The fourth-order valence-electron chi connectivity index (χ4n) is 3.42. The molecule has 1 aromatic carbocycles. The highest BCUT2D eigenvalue weighted by atomic mass is 19.1. The van der Waals surface area contributed by atoms with Crippen LogP contribution in [0.25, 0.3) is 27.5 Å². The van der Waals surface area contributed by atoms with Crippen molar-refractivity contribution in [1.82, 2.24) is 18.9 Å². The zero-order valence-corrected chi connectivity index (χ0v) is 15.1. The minimum absolute atomic E-state index is 0.187. The monoisotopic (exact) mass is 388 g/mol. The summed E-state index contributed by atoms with van der Waals surface area (Å²) in [5, 5.41) is 0.347. The molecule has 0 unspecified atom stereocenters. The zero-order chi connectivity index (χ0) is 20.0. The number of hydrogen-bond donors (Lipinski definition) is 0. The first-order valence-electron chi connectivity index (χ1n) is 8.94. The minimum Gasteiger partial charge on any atom is -0.323 e. The number of benzene rings is 1. The zero-order valence-electron chi connectivity index (χ0n) is 15.1. The average molecular weight is 388 g/mol. The van der Waals surface area contributed by atoms with Crippen molar-refractivity contribution in [2.75, 3.05) is 0 Å². The molecule has 5 aromatic rings. The molecule has 7 heteroatoms. The van der Waals surface area contributed by atoms with Crippen LogP contribution in [0, 0.1) is 11.6 Å². The van der Waals surface area contributed by atoms with Crippen LogP contribution in [0.3, 0.4) is 0 Å². The molecule has 0 aliphatic heterocycles. The van der Waals surface area contributed by atoms with Crippen LogP contribution in [-0.4, -0.2) is 18.9 Å². The van der Waals surface area contributed by atoms with Crippen molar-refractivity contribution in [1.29, 1.82) is 0 Å². The minimum atomic E-state index is -0.714. The van der Waals surface area contributed by atoms with E-state index >= 15 is 0 Å². The third-order valence-corrected chi connectivity index (χ3v) is 4.95. The molecule has 4 heterocycles. The summed E-state index contributed by atoms with van der Waals surface area (Å²) in [6.07, 6.45) is 7.91. The second-order valence-electron chi connectivity index (χ2n) is 6.75. The van der Waals surface area contributed by atoms with Crippen molar-refractivity contribution in [3.63, 3.8) is 0 Å². The molecule has 0 saturated carbocycles. The summed E-state index contributed by atoms with van der Waals surface area (Å²) < 4.78 is 32.7. The van der Waals surface area contributed by atoms with E-state index in [-0.39, 0.29) is 17.7 Å². The molecule has 142 valence electrons. The Morgan fingerprint density at radius 3 is 2.66 bits per heavy atom. The summed E-state index contributed by atoms with van der Waals surface area (Å²) in [6.45, 7) is -0.251. The molecule has 0 aliphatic rings. The molecular weight excluding hydrogens is 374 g/mol. The van der Waals surface area contributed by atoms with Crippen LogP contribution in [0.1, 0.15) is 5.56 Å². The van der Waals surface area contributed by atoms with Gasteiger partial charge in [0.1, 0.15) is 11.6 Å². The van der Waals surface area contributed by atoms with E-state index in [0.29, 0.717) is 22.0 Å². The van der Waals surface area contributed by atoms with Gasteiger partial charge in [0, 0.05) is 29.7 Å². The van der Waals surface area contributed by atoms with Crippen molar-refractivity contribution >= 4 is 16.4 Å². The maximum Gasteiger partial charge on any atom is 0.261 e. The first-order valence-corrected chi connectivity index (χ1v) is 8.94. The second kappa shape index (κ2) is 6.63. The van der Waals surface area contributed by atoms with Crippen LogP contribution in [0.2, 0.25) is 0 Å². The summed E-state index contributed by atoms with van der Waals surface area (Å²) in [7, 11) is 0. The molecule has 0 radical (unpaired) electrons. The van der Waals surface area contributed by atoms with Gasteiger partial charge in [-0.15, -0.1) is 0 Å². The van der Waals surface area contributed by atoms with Crippen LogP contribution < -0.4 is 5.56 Å². The van der Waals surface area contributed by atoms with Gasteiger partial charge in [0.25, 0.3) is 5.56 Å². The summed E-state index contributed by atoms with van der Waals surface area (Å²) >= 11 is 0. The van der Waals surface area contributed by atoms with Gasteiger partial charge in [-0.2, -0.15) is 0 Å². The molecule has 0 atom stereocenters. The summed E-state index contributed by atoms with van der Waals surface area (Å²) in [4.78, 5) is 20.6. The number of halogens is 2. The Balaban J connectivity index is 1.55. The molecule has 0 amide bonds. The van der Waals surface area contributed by atoms with E-state index in [1.54, 1.807) is 0 Å². The van der Waals surface area contributed by atoms with Crippen LogP contribution in [0.15, 0.2) is 78.4 Å². The molecule has 0 N–H and O–H groups in total. The van der Waals surface area contributed by atoms with Crippen molar-refractivity contribution in [3.05, 3.63) is 101 Å². The lowest BCUT2D eigenvalue weighted by molar-refractivity contribution is 0.541. The van der Waals surface area contributed by atoms with E-state index in [1.165, 1.54) is 41.5 Å². The van der Waals surface area contributed by atoms with E-state index in [2.05, 4.69) is 9.97 Å². The van der Waals surface area contributed by atoms with Crippen molar-refractivity contribution in [2.45, 2.75) is 6.54 Å². The predicted octanol–water partition coefficient (Wildman–Crippen LogP) is 4.04. The first kappa shape index (κ1) is 17.2. The number of rotatable bonds is 3. The largest absolute Gasteiger partial charge is 0.323 e. The highest BCUT2D eigenvalue weighted by Gasteiger charge is 2.15. The van der Waals surface area contributed by atoms with Crippen LogP contribution in [0.5, 0.6) is 0 Å². The quantitative estimate of drug-likeness (QED) is 0.469. The molecule has 4 aromatic heterocycles. The number of aromatic nitrogens is 4. The molecule has 0 saturated heterocycles. The third-order valence-electron chi connectivity index (χ3n) is 4.95. The fraction of sp³-hybridized carbons (Fsp3) is 0.0455. The van der Waals surface area contributed by atoms with Crippen LogP contribution >= 0.6 is 0 Å². The van der Waals surface area contributed by atoms with Gasteiger partial charge in [-0.3, -0.25) is 14.3 Å². The number of nitrogens with zero attached hydrogens (tertiary/aromatic N) is 4. The van der Waals surface area contributed by atoms with Gasteiger partial charge in [-0.05, 0) is 47.5 Å². The highest BCUT2D eigenvalue weighted by molar-refractivity contribution is 5.75. The predicted molar refractivity (Wildman–Crippen MR) is 106 cm³/mol. The lowest BCUT2D eigenvalue weighted by atomic mass is 10.0. The third kappa shape index (κ3) is 2.97. The van der Waals surface area contributed by atoms with Gasteiger partial charge in [-0.25, -0.2) is 13.8 Å². The normalized spacial score (nSPS) is 11.4. The molecule has 5 rings (SSSR count). The van der Waals surface area contributed by atoms with Crippen molar-refractivity contribution < 1.29 is 8.78 Å². The summed E-state index contributed by atoms with van der Waals surface area (Å²) in [5.41, 5.74) is 1.98. The Morgan fingerprint density at radius 2 is 1.83 bits per heavy atom. The number of fused-ring (bicyclic) bond motifs is 2. The Bertz CT molecular complexity index is 1420. The van der Waals surface area contributed by atoms with E-state index in [1.807, 2.05) is 41.1 Å². The highest BCUT2D eigenvalue weighted by Crippen LogP contribution is 2.25. The van der Waals surface area contributed by atoms with Crippen LogP contribution in [-0.2, 0) is 6.54 Å². The molecule has 0 spiro atoms. The molecular formula is C22H14F2N4O. The van der Waals surface area contributed by atoms with Gasteiger partial charge in [0.05, 0.1) is 30.0 Å². The Labute approximate surface area is 163 Å². The topological polar surface area (TPSA) is 52.2 Å². The number of hydrogen-bond acceptors (Lipinski definition) is 3. The van der Waals surface area contributed by atoms with Gasteiger partial charge in [0.2, 0.25) is 0 Å². The van der Waals surface area contributed by atoms with Crippen LogP contribution in [0.4, 0.5) is 8.78 Å². The maximum atomic E-state index is 14.8. The molecule has 0 aliphatic carbocycles. The van der Waals surface area contributed by atoms with Gasteiger partial charge < -0.3 is 4.40 Å². The maximum absolute atomic E-state index is 14.8. The molecule has 29 heavy (non-hydrogen) atoms. The van der Waals surface area contributed by atoms with Crippen molar-refractivity contribution in [2.24, 2.45) is 0 Å². The summed E-state index contributed by atoms with van der Waals surface area (Å²) in [6, 6.07) is 11.6. The van der Waals surface area contributed by atoms with E-state index in [4.69, 9.17) is 0 Å². The number of pyridine rings is 2. The standard InChI is InChI=1S/C22H14F2N4O/c23-19-8-15(14-3-4-16-2-1-7-27(16)11-14)9-20(24)18(19)12-28-13-26-21-10-25-6-5-17(21)22(28)29/h1-11,13H,12H2. The average Bonchev–Trinajstić information content (AvgIpc) is 3.20. The summed E-state index contributed by atoms with van der Waals surface area (Å²) in [5.74, 6) is -1.43. The molecule has 0 fully saturated rings. The molecule has 5 nitrogen and oxygen atoms in total. The Morgan fingerprint density at radius 1 is 1.00 bits per heavy atom. The Hall–Kier alpha value is -3.87. The SMILES string of the molecule is O=c1c2ccncc2ncn1Cc1c(F)cc(-c2ccc3cccn3c2)cc1F. The van der Waals surface area contributed by atoms with Gasteiger partial charge in [0.15, 0.2) is 0 Å². The lowest BCUT2D eigenvalue weighted by Crippen LogP contribution is -2.22. The smallest absolute Gasteiger partial charge is 0.261 e. The van der Waals surface area contributed by atoms with Crippen molar-refractivity contribution in [3.8, 4) is 11.1 Å². The lowest BCUT2D eigenvalue weighted by Gasteiger charge is -2.11. The van der Waals surface area contributed by atoms with E-state index < -0.39 is 11.6 Å². The second-order valence-corrected chi connectivity index (χ2v) is 6.75. The first-order chi connectivity index (χ1) is 14.1. The molecule has 0 bridgehead atoms. The van der Waals surface area contributed by atoms with E-state index in [9.17, 15) is 13.6 Å². The van der Waals surface area contributed by atoms with Gasteiger partial charge in [-0.1, -0.05) is 6.07 Å². The fourth-order valence-corrected chi connectivity index (χ4v) is 3.42. The van der Waals surface area contributed by atoms with E-state index in [0.717, 1.165) is 5.52 Å². The van der Waals surface area contributed by atoms with Gasteiger partial charge >= 0.3 is 0 Å². The Kier molecular flexibility index (Phi) is 3.94.